The van der Waals surface area contributed by atoms with E-state index in [0.717, 1.165) is 0 Å². The second kappa shape index (κ2) is 7.07. The highest BCUT2D eigenvalue weighted by molar-refractivity contribution is 5.96. The zero-order valence-corrected chi connectivity index (χ0v) is 10.1. The van der Waals surface area contributed by atoms with Crippen molar-refractivity contribution in [3.05, 3.63) is 35.9 Å². The Kier molecular flexibility index (Phi) is 5.39. The summed E-state index contributed by atoms with van der Waals surface area (Å²) in [4.78, 5) is 23.0. The standard InChI is InChI=1S/C13H15N3O2/c1-10(7-8-14)16-12(17)9-15-13(18)11-5-3-2-4-6-11/h2-6,10H,7,9H2,1H3,(H,15,18)(H,16,17)/t10-/m1/s1. The quantitative estimate of drug-likeness (QED) is 0.806. The normalized spacial score (nSPS) is 11.1. The molecule has 1 atom stereocenters. The molecule has 0 unspecified atom stereocenters. The lowest BCUT2D eigenvalue weighted by atomic mass is 10.2. The zero-order chi connectivity index (χ0) is 13.4. The molecular formula is C13H15N3O2. The van der Waals surface area contributed by atoms with Gasteiger partial charge in [-0.1, -0.05) is 18.2 Å². The predicted octanol–water partition coefficient (Wildman–Crippen LogP) is 0.835. The van der Waals surface area contributed by atoms with Crippen LogP contribution in [0.25, 0.3) is 0 Å². The van der Waals surface area contributed by atoms with Gasteiger partial charge in [0.25, 0.3) is 5.91 Å². The molecule has 0 fully saturated rings. The van der Waals surface area contributed by atoms with Crippen LogP contribution in [0.15, 0.2) is 30.3 Å². The van der Waals surface area contributed by atoms with Crippen molar-refractivity contribution in [2.75, 3.05) is 6.54 Å². The van der Waals surface area contributed by atoms with E-state index in [-0.39, 0.29) is 30.8 Å². The fraction of sp³-hybridized carbons (Fsp3) is 0.308. The number of rotatable bonds is 5. The average molecular weight is 245 g/mol. The number of nitrogens with zero attached hydrogens (tertiary/aromatic N) is 1. The predicted molar refractivity (Wildman–Crippen MR) is 66.6 cm³/mol. The van der Waals surface area contributed by atoms with Gasteiger partial charge in [0.1, 0.15) is 0 Å². The summed E-state index contributed by atoms with van der Waals surface area (Å²) in [5.41, 5.74) is 0.510. The number of nitrogens with one attached hydrogen (secondary N) is 2. The van der Waals surface area contributed by atoms with Gasteiger partial charge in [0.2, 0.25) is 5.91 Å². The lowest BCUT2D eigenvalue weighted by Gasteiger charge is -2.10. The van der Waals surface area contributed by atoms with E-state index >= 15 is 0 Å². The van der Waals surface area contributed by atoms with Crippen molar-refractivity contribution in [3.63, 3.8) is 0 Å². The number of amides is 2. The number of hydrogen-bond donors (Lipinski definition) is 2. The largest absolute Gasteiger partial charge is 0.351 e. The summed E-state index contributed by atoms with van der Waals surface area (Å²) < 4.78 is 0. The number of nitriles is 1. The summed E-state index contributed by atoms with van der Waals surface area (Å²) in [6.07, 6.45) is 0.248. The smallest absolute Gasteiger partial charge is 0.251 e. The molecule has 2 amide bonds. The molecule has 1 aromatic carbocycles. The van der Waals surface area contributed by atoms with Crippen molar-refractivity contribution < 1.29 is 9.59 Å². The molecule has 0 bridgehead atoms. The lowest BCUT2D eigenvalue weighted by molar-refractivity contribution is -0.120. The van der Waals surface area contributed by atoms with E-state index in [1.165, 1.54) is 0 Å². The van der Waals surface area contributed by atoms with Crippen LogP contribution in [-0.2, 0) is 4.79 Å². The first-order valence-electron chi connectivity index (χ1n) is 5.63. The Balaban J connectivity index is 2.35. The number of carbonyl (C=O) groups is 2. The van der Waals surface area contributed by atoms with Crippen molar-refractivity contribution in [3.8, 4) is 6.07 Å². The second-order valence-electron chi connectivity index (χ2n) is 3.88. The van der Waals surface area contributed by atoms with Crippen molar-refractivity contribution in [2.24, 2.45) is 0 Å². The van der Waals surface area contributed by atoms with Crippen LogP contribution in [0, 0.1) is 11.3 Å². The van der Waals surface area contributed by atoms with Gasteiger partial charge in [-0.3, -0.25) is 9.59 Å². The zero-order valence-electron chi connectivity index (χ0n) is 10.1. The minimum Gasteiger partial charge on any atom is -0.351 e. The third kappa shape index (κ3) is 4.66. The molecule has 1 rings (SSSR count). The molecule has 5 heteroatoms. The summed E-state index contributed by atoms with van der Waals surface area (Å²) in [5, 5.41) is 13.6. The summed E-state index contributed by atoms with van der Waals surface area (Å²) in [5.74, 6) is -0.597. The lowest BCUT2D eigenvalue weighted by Crippen LogP contribution is -2.40. The van der Waals surface area contributed by atoms with E-state index in [0.29, 0.717) is 5.56 Å². The molecule has 5 nitrogen and oxygen atoms in total. The Morgan fingerprint density at radius 1 is 1.33 bits per heavy atom. The summed E-state index contributed by atoms with van der Waals surface area (Å²) in [6, 6.07) is 10.4. The van der Waals surface area contributed by atoms with Crippen molar-refractivity contribution in [1.29, 1.82) is 5.26 Å². The van der Waals surface area contributed by atoms with Gasteiger partial charge in [-0.25, -0.2) is 0 Å². The first-order valence-corrected chi connectivity index (χ1v) is 5.63. The molecular weight excluding hydrogens is 230 g/mol. The van der Waals surface area contributed by atoms with Crippen LogP contribution in [0.1, 0.15) is 23.7 Å². The van der Waals surface area contributed by atoms with E-state index in [2.05, 4.69) is 10.6 Å². The second-order valence-corrected chi connectivity index (χ2v) is 3.88. The van der Waals surface area contributed by atoms with E-state index in [1.807, 2.05) is 12.1 Å². The van der Waals surface area contributed by atoms with Crippen LogP contribution in [0.4, 0.5) is 0 Å². The van der Waals surface area contributed by atoms with Crippen LogP contribution in [0.2, 0.25) is 0 Å². The number of hydrogen-bond acceptors (Lipinski definition) is 3. The third-order valence-electron chi connectivity index (χ3n) is 2.25. The molecule has 0 saturated carbocycles. The highest BCUT2D eigenvalue weighted by atomic mass is 16.2. The van der Waals surface area contributed by atoms with Crippen LogP contribution in [0.5, 0.6) is 0 Å². The molecule has 0 aromatic heterocycles. The molecule has 0 aliphatic heterocycles. The highest BCUT2D eigenvalue weighted by Crippen LogP contribution is 1.97. The number of benzene rings is 1. The molecule has 0 saturated heterocycles. The van der Waals surface area contributed by atoms with E-state index < -0.39 is 0 Å². The Morgan fingerprint density at radius 3 is 2.61 bits per heavy atom. The summed E-state index contributed by atoms with van der Waals surface area (Å²) >= 11 is 0. The van der Waals surface area contributed by atoms with Crippen LogP contribution in [-0.4, -0.2) is 24.4 Å². The summed E-state index contributed by atoms with van der Waals surface area (Å²) in [7, 11) is 0. The van der Waals surface area contributed by atoms with Gasteiger partial charge in [-0.15, -0.1) is 0 Å². The third-order valence-corrected chi connectivity index (χ3v) is 2.25. The minimum atomic E-state index is -0.304. The van der Waals surface area contributed by atoms with E-state index in [4.69, 9.17) is 5.26 Å². The topological polar surface area (TPSA) is 82.0 Å². The molecule has 18 heavy (non-hydrogen) atoms. The number of carbonyl (C=O) groups excluding carboxylic acids is 2. The van der Waals surface area contributed by atoms with Gasteiger partial charge in [0, 0.05) is 11.6 Å². The van der Waals surface area contributed by atoms with Crippen molar-refractivity contribution in [2.45, 2.75) is 19.4 Å². The van der Waals surface area contributed by atoms with Crippen LogP contribution >= 0.6 is 0 Å². The molecule has 0 spiro atoms. The van der Waals surface area contributed by atoms with Crippen LogP contribution < -0.4 is 10.6 Å². The maximum atomic E-state index is 11.6. The molecule has 0 heterocycles. The Hall–Kier alpha value is -2.35. The maximum absolute atomic E-state index is 11.6. The van der Waals surface area contributed by atoms with E-state index in [1.54, 1.807) is 31.2 Å². The molecule has 0 radical (unpaired) electrons. The van der Waals surface area contributed by atoms with Gasteiger partial charge in [0.05, 0.1) is 19.0 Å². The fourth-order valence-corrected chi connectivity index (χ4v) is 1.37. The average Bonchev–Trinajstić information content (AvgIpc) is 2.37. The SMILES string of the molecule is C[C@H](CC#N)NC(=O)CNC(=O)c1ccccc1. The van der Waals surface area contributed by atoms with Crippen molar-refractivity contribution >= 4 is 11.8 Å². The van der Waals surface area contributed by atoms with Crippen LogP contribution in [0.3, 0.4) is 0 Å². The van der Waals surface area contributed by atoms with E-state index in [9.17, 15) is 9.59 Å². The van der Waals surface area contributed by atoms with Gasteiger partial charge in [0.15, 0.2) is 0 Å². The fourth-order valence-electron chi connectivity index (χ4n) is 1.37. The van der Waals surface area contributed by atoms with Crippen molar-refractivity contribution in [1.82, 2.24) is 10.6 Å². The Labute approximate surface area is 106 Å². The summed E-state index contributed by atoms with van der Waals surface area (Å²) in [6.45, 7) is 1.64. The molecule has 0 aliphatic rings. The first-order chi connectivity index (χ1) is 8.63. The first kappa shape index (κ1) is 13.7. The maximum Gasteiger partial charge on any atom is 0.251 e. The molecule has 94 valence electrons. The molecule has 2 N–H and O–H groups in total. The van der Waals surface area contributed by atoms with Gasteiger partial charge in [-0.2, -0.15) is 5.26 Å². The molecule has 0 aliphatic carbocycles. The Morgan fingerprint density at radius 2 is 2.00 bits per heavy atom. The molecule has 1 aromatic rings. The highest BCUT2D eigenvalue weighted by Gasteiger charge is 2.09. The monoisotopic (exact) mass is 245 g/mol. The Bertz CT molecular complexity index is 451. The van der Waals surface area contributed by atoms with Gasteiger partial charge < -0.3 is 10.6 Å². The minimum absolute atomic E-state index is 0.0938. The van der Waals surface area contributed by atoms with Gasteiger partial charge in [-0.05, 0) is 19.1 Å². The van der Waals surface area contributed by atoms with Gasteiger partial charge >= 0.3 is 0 Å².